The predicted octanol–water partition coefficient (Wildman–Crippen LogP) is 2.67. The average molecular weight is 230 g/mol. The third kappa shape index (κ3) is 2.39. The Morgan fingerprint density at radius 2 is 1.88 bits per heavy atom. The van der Waals surface area contributed by atoms with E-state index >= 15 is 0 Å². The molecule has 2 aromatic rings. The van der Waals surface area contributed by atoms with Gasteiger partial charge in [-0.2, -0.15) is 0 Å². The molecule has 2 aromatic carbocycles. The average Bonchev–Trinajstić information content (AvgIpc) is 2.35. The fourth-order valence-corrected chi connectivity index (χ4v) is 1.41. The quantitative estimate of drug-likeness (QED) is 0.342. The van der Waals surface area contributed by atoms with E-state index in [4.69, 9.17) is 18.1 Å². The van der Waals surface area contributed by atoms with Crippen LogP contribution >= 0.6 is 12.2 Å². The highest BCUT2D eigenvalue weighted by molar-refractivity contribution is 7.80. The summed E-state index contributed by atoms with van der Waals surface area (Å²) in [4.78, 5) is 0. The summed E-state index contributed by atoms with van der Waals surface area (Å²) < 4.78 is 0. The molecule has 0 atom stereocenters. The number of benzene rings is 2. The maximum absolute atomic E-state index is 5.08. The van der Waals surface area contributed by atoms with Gasteiger partial charge < -0.3 is 0 Å². The Kier molecular flexibility index (Phi) is 3.19. The Morgan fingerprint density at radius 1 is 1.12 bits per heavy atom. The van der Waals surface area contributed by atoms with Crippen LogP contribution in [0, 0.1) is 0 Å². The number of nitrogens with zero attached hydrogens (tertiary/aromatic N) is 2. The highest BCUT2D eigenvalue weighted by Crippen LogP contribution is 2.21. The van der Waals surface area contributed by atoms with Gasteiger partial charge in [0.05, 0.1) is 5.69 Å². The topological polar surface area (TPSA) is 62.8 Å². The largest absolute Gasteiger partial charge is 0.298 e. The molecule has 0 unspecified atom stereocenters. The fraction of sp³-hybridized carbons (Fsp3) is 0. The molecule has 0 heterocycles. The molecule has 0 saturated heterocycles. The zero-order valence-corrected chi connectivity index (χ0v) is 9.24. The van der Waals surface area contributed by atoms with Crippen LogP contribution in [-0.4, -0.2) is 5.11 Å². The zero-order chi connectivity index (χ0) is 11.4. The van der Waals surface area contributed by atoms with Gasteiger partial charge in [-0.15, -0.1) is 10.2 Å². The van der Waals surface area contributed by atoms with Crippen LogP contribution in [0.25, 0.3) is 10.8 Å². The molecule has 3 N–H and O–H groups in total. The maximum atomic E-state index is 5.08. The van der Waals surface area contributed by atoms with Crippen molar-refractivity contribution < 1.29 is 0 Å². The van der Waals surface area contributed by atoms with E-state index in [0.717, 1.165) is 11.1 Å². The van der Waals surface area contributed by atoms with E-state index in [2.05, 4.69) is 15.7 Å². The molecule has 0 spiro atoms. The van der Waals surface area contributed by atoms with Gasteiger partial charge in [-0.3, -0.25) is 5.43 Å². The van der Waals surface area contributed by atoms with E-state index in [1.54, 1.807) is 0 Å². The molecule has 4 nitrogen and oxygen atoms in total. The lowest BCUT2D eigenvalue weighted by Crippen LogP contribution is -2.26. The van der Waals surface area contributed by atoms with Crippen LogP contribution in [0.3, 0.4) is 0 Å². The van der Waals surface area contributed by atoms with Crippen LogP contribution < -0.4 is 11.3 Å². The van der Waals surface area contributed by atoms with Crippen molar-refractivity contribution in [2.45, 2.75) is 0 Å². The minimum atomic E-state index is 0.160. The first-order valence-corrected chi connectivity index (χ1v) is 5.11. The van der Waals surface area contributed by atoms with E-state index in [-0.39, 0.29) is 5.11 Å². The number of hydrazine groups is 1. The number of rotatable bonds is 1. The van der Waals surface area contributed by atoms with Gasteiger partial charge in [-0.1, -0.05) is 30.3 Å². The summed E-state index contributed by atoms with van der Waals surface area (Å²) in [5.41, 5.74) is 2.99. The number of nitrogens with two attached hydrogens (primary N) is 1. The van der Waals surface area contributed by atoms with E-state index < -0.39 is 0 Å². The van der Waals surface area contributed by atoms with Gasteiger partial charge in [0.1, 0.15) is 0 Å². The van der Waals surface area contributed by atoms with Crippen molar-refractivity contribution in [1.82, 2.24) is 5.43 Å². The number of azo groups is 1. The summed E-state index contributed by atoms with van der Waals surface area (Å²) >= 11 is 4.75. The Bertz CT molecular complexity index is 550. The van der Waals surface area contributed by atoms with Gasteiger partial charge >= 0.3 is 0 Å². The summed E-state index contributed by atoms with van der Waals surface area (Å²) in [5, 5.41) is 10.2. The lowest BCUT2D eigenvalue weighted by molar-refractivity contribution is 1.02. The molecule has 2 rings (SSSR count). The molecular weight excluding hydrogens is 220 g/mol. The number of nitrogens with one attached hydrogen (secondary N) is 1. The first-order chi connectivity index (χ1) is 7.79. The molecular formula is C11H10N4S. The lowest BCUT2D eigenvalue weighted by Gasteiger charge is -1.98. The van der Waals surface area contributed by atoms with Crippen molar-refractivity contribution in [1.29, 1.82) is 0 Å². The third-order valence-electron chi connectivity index (χ3n) is 2.11. The van der Waals surface area contributed by atoms with E-state index in [1.807, 2.05) is 42.5 Å². The molecule has 0 aliphatic rings. The Labute approximate surface area is 98.1 Å². The van der Waals surface area contributed by atoms with Crippen LogP contribution in [0.15, 0.2) is 52.7 Å². The molecule has 80 valence electrons. The first-order valence-electron chi connectivity index (χ1n) is 4.71. The smallest absolute Gasteiger partial charge is 0.227 e. The molecule has 0 amide bonds. The maximum Gasteiger partial charge on any atom is 0.227 e. The molecule has 0 fully saturated rings. The SMILES string of the molecule is NNC(=S)N=Nc1ccc2ccccc2c1. The number of thiocarbonyl (C=S) groups is 1. The molecule has 5 heteroatoms. The van der Waals surface area contributed by atoms with Crippen LogP contribution in [0.2, 0.25) is 0 Å². The zero-order valence-electron chi connectivity index (χ0n) is 8.42. The van der Waals surface area contributed by atoms with Crippen molar-refractivity contribution in [3.05, 3.63) is 42.5 Å². The van der Waals surface area contributed by atoms with Crippen molar-refractivity contribution in [3.63, 3.8) is 0 Å². The first kappa shape index (κ1) is 10.7. The lowest BCUT2D eigenvalue weighted by atomic mass is 10.1. The Morgan fingerprint density at radius 3 is 2.62 bits per heavy atom. The normalized spacial score (nSPS) is 10.8. The van der Waals surface area contributed by atoms with Crippen LogP contribution in [0.1, 0.15) is 0 Å². The monoisotopic (exact) mass is 230 g/mol. The van der Waals surface area contributed by atoms with Crippen LogP contribution in [-0.2, 0) is 0 Å². The number of hydrogen-bond acceptors (Lipinski definition) is 3. The highest BCUT2D eigenvalue weighted by atomic mass is 32.1. The highest BCUT2D eigenvalue weighted by Gasteiger charge is 1.94. The van der Waals surface area contributed by atoms with Crippen molar-refractivity contribution >= 4 is 33.8 Å². The second kappa shape index (κ2) is 4.78. The van der Waals surface area contributed by atoms with Crippen molar-refractivity contribution in [2.75, 3.05) is 0 Å². The summed E-state index contributed by atoms with van der Waals surface area (Å²) in [6.45, 7) is 0. The van der Waals surface area contributed by atoms with Gasteiger partial charge in [0.25, 0.3) is 0 Å². The Balaban J connectivity index is 2.33. The van der Waals surface area contributed by atoms with Gasteiger partial charge in [0, 0.05) is 0 Å². The molecule has 0 aromatic heterocycles. The van der Waals surface area contributed by atoms with Gasteiger partial charge in [-0.05, 0) is 35.1 Å². The molecule has 0 bridgehead atoms. The van der Waals surface area contributed by atoms with Crippen LogP contribution in [0.5, 0.6) is 0 Å². The standard InChI is InChI=1S/C11H10N4S/c12-13-11(16)15-14-10-6-5-8-3-1-2-4-9(8)7-10/h1-7H,12H2,(H,13,16). The van der Waals surface area contributed by atoms with E-state index in [9.17, 15) is 0 Å². The summed E-state index contributed by atoms with van der Waals surface area (Å²) in [6.07, 6.45) is 0. The number of hydrogen-bond donors (Lipinski definition) is 2. The summed E-state index contributed by atoms with van der Waals surface area (Å²) in [7, 11) is 0. The number of fused-ring (bicyclic) bond motifs is 1. The van der Waals surface area contributed by atoms with E-state index in [1.165, 1.54) is 5.39 Å². The predicted molar refractivity (Wildman–Crippen MR) is 68.4 cm³/mol. The molecule has 0 aliphatic heterocycles. The Hall–Kier alpha value is -1.85. The molecule has 16 heavy (non-hydrogen) atoms. The second-order valence-electron chi connectivity index (χ2n) is 3.18. The minimum Gasteiger partial charge on any atom is -0.298 e. The molecule has 0 saturated carbocycles. The van der Waals surface area contributed by atoms with Crippen molar-refractivity contribution in [2.24, 2.45) is 16.1 Å². The summed E-state index contributed by atoms with van der Waals surface area (Å²) in [5.74, 6) is 5.08. The molecule has 0 radical (unpaired) electrons. The molecule has 0 aliphatic carbocycles. The fourth-order valence-electron chi connectivity index (χ4n) is 1.37. The van der Waals surface area contributed by atoms with E-state index in [0.29, 0.717) is 0 Å². The minimum absolute atomic E-state index is 0.160. The summed E-state index contributed by atoms with van der Waals surface area (Å²) in [6, 6.07) is 13.9. The van der Waals surface area contributed by atoms with Crippen molar-refractivity contribution in [3.8, 4) is 0 Å². The van der Waals surface area contributed by atoms with Gasteiger partial charge in [0.2, 0.25) is 5.11 Å². The van der Waals surface area contributed by atoms with Crippen LogP contribution in [0.4, 0.5) is 5.69 Å². The van der Waals surface area contributed by atoms with Gasteiger partial charge in [0.15, 0.2) is 0 Å². The van der Waals surface area contributed by atoms with Gasteiger partial charge in [-0.25, -0.2) is 5.84 Å². The third-order valence-corrected chi connectivity index (χ3v) is 2.31. The second-order valence-corrected chi connectivity index (χ2v) is 3.57.